The van der Waals surface area contributed by atoms with Crippen LogP contribution < -0.4 is 5.32 Å². The molecule has 3 aromatic rings. The van der Waals surface area contributed by atoms with E-state index in [2.05, 4.69) is 10.3 Å². The Morgan fingerprint density at radius 2 is 1.80 bits per heavy atom. The van der Waals surface area contributed by atoms with Crippen LogP contribution in [0.25, 0.3) is 10.8 Å². The number of halogens is 2. The molecule has 8 nitrogen and oxygen atoms in total. The van der Waals surface area contributed by atoms with Crippen LogP contribution in [-0.4, -0.2) is 59.8 Å². The number of esters is 1. The maximum atomic E-state index is 16.5. The van der Waals surface area contributed by atoms with Crippen LogP contribution in [0.5, 0.6) is 0 Å². The van der Waals surface area contributed by atoms with Crippen LogP contribution in [0.15, 0.2) is 54.7 Å². The second kappa shape index (κ2) is 12.6. The van der Waals surface area contributed by atoms with Crippen molar-refractivity contribution in [3.05, 3.63) is 71.0 Å². The lowest BCUT2D eigenvalue weighted by Crippen LogP contribution is -2.54. The molecule has 2 aromatic carbocycles. The number of hydrogen-bond donors (Lipinski definition) is 1. The van der Waals surface area contributed by atoms with Crippen molar-refractivity contribution in [2.45, 2.75) is 57.0 Å². The van der Waals surface area contributed by atoms with Crippen LogP contribution >= 0.6 is 11.6 Å². The molecule has 1 aromatic heterocycles. The summed E-state index contributed by atoms with van der Waals surface area (Å²) in [4.78, 5) is 44.0. The third kappa shape index (κ3) is 6.42. The molecule has 1 saturated carbocycles. The normalized spacial score (nSPS) is 20.9. The van der Waals surface area contributed by atoms with Gasteiger partial charge in [-0.05, 0) is 67.7 Å². The maximum absolute atomic E-state index is 16.5. The van der Waals surface area contributed by atoms with E-state index in [1.165, 1.54) is 12.0 Å². The third-order valence-corrected chi connectivity index (χ3v) is 8.24. The van der Waals surface area contributed by atoms with Crippen molar-refractivity contribution < 1.29 is 28.2 Å². The van der Waals surface area contributed by atoms with E-state index in [0.717, 1.165) is 18.2 Å². The van der Waals surface area contributed by atoms with Gasteiger partial charge in [0, 0.05) is 31.1 Å². The van der Waals surface area contributed by atoms with Crippen LogP contribution in [0.2, 0.25) is 5.02 Å². The van der Waals surface area contributed by atoms with Crippen LogP contribution in [0.3, 0.4) is 0 Å². The number of nitrogens with zero attached hydrogens (tertiary/aromatic N) is 2. The SMILES string of the molecule is COC(=O)C1CCC(OC(F)(C(=O)Cc2ccc(NC(=O)c3nccc4ccccc34)c(Cl)c2)N2CCCC2)CC1. The first-order chi connectivity index (χ1) is 19.8. The van der Waals surface area contributed by atoms with E-state index in [-0.39, 0.29) is 29.0 Å². The quantitative estimate of drug-likeness (QED) is 0.255. The van der Waals surface area contributed by atoms with Gasteiger partial charge in [0.2, 0.25) is 5.78 Å². The molecule has 216 valence electrons. The molecule has 1 N–H and O–H groups in total. The van der Waals surface area contributed by atoms with Crippen molar-refractivity contribution in [1.29, 1.82) is 0 Å². The Morgan fingerprint density at radius 1 is 1.07 bits per heavy atom. The third-order valence-electron chi connectivity index (χ3n) is 7.92. The van der Waals surface area contributed by atoms with Crippen LogP contribution in [0, 0.1) is 5.92 Å². The van der Waals surface area contributed by atoms with E-state index in [0.29, 0.717) is 55.4 Å². The van der Waals surface area contributed by atoms with Crippen molar-refractivity contribution in [2.24, 2.45) is 5.92 Å². The Labute approximate surface area is 243 Å². The number of hydrogen-bond acceptors (Lipinski definition) is 7. The van der Waals surface area contributed by atoms with Gasteiger partial charge in [-0.15, -0.1) is 0 Å². The summed E-state index contributed by atoms with van der Waals surface area (Å²) < 4.78 is 27.3. The standard InChI is InChI=1S/C31H33ClFN3O5/c1-40-30(39)22-9-11-23(12-10-22)41-31(33,36-16-4-5-17-36)27(37)19-20-8-13-26(25(32)18-20)35-29(38)28-24-7-3-2-6-21(24)14-15-34-28/h2-3,6-8,13-15,18,22-23H,4-5,9-12,16-17,19H2,1H3,(H,35,38). The van der Waals surface area contributed by atoms with E-state index < -0.39 is 23.8 Å². The van der Waals surface area contributed by atoms with Crippen LogP contribution in [0.1, 0.15) is 54.6 Å². The van der Waals surface area contributed by atoms with Crippen LogP contribution in [0.4, 0.5) is 10.1 Å². The predicted molar refractivity (Wildman–Crippen MR) is 153 cm³/mol. The van der Waals surface area contributed by atoms with Gasteiger partial charge in [0.15, 0.2) is 0 Å². The van der Waals surface area contributed by atoms with Crippen molar-refractivity contribution >= 4 is 45.7 Å². The maximum Gasteiger partial charge on any atom is 0.330 e. The smallest absolute Gasteiger partial charge is 0.330 e. The first-order valence-corrected chi connectivity index (χ1v) is 14.3. The molecule has 0 spiro atoms. The number of fused-ring (bicyclic) bond motifs is 1. The average Bonchev–Trinajstić information content (AvgIpc) is 3.54. The number of amides is 1. The fraction of sp³-hybridized carbons (Fsp3) is 0.419. The number of ketones is 1. The highest BCUT2D eigenvalue weighted by Gasteiger charge is 2.48. The molecule has 2 fully saturated rings. The predicted octanol–water partition coefficient (Wildman–Crippen LogP) is 5.72. The van der Waals surface area contributed by atoms with E-state index in [9.17, 15) is 14.4 Å². The molecule has 41 heavy (non-hydrogen) atoms. The molecule has 2 heterocycles. The second-order valence-electron chi connectivity index (χ2n) is 10.6. The van der Waals surface area contributed by atoms with Gasteiger partial charge >= 0.3 is 11.9 Å². The molecule has 5 rings (SSSR count). The minimum atomic E-state index is -2.57. The Morgan fingerprint density at radius 3 is 2.51 bits per heavy atom. The molecular formula is C31H33ClFN3O5. The van der Waals surface area contributed by atoms with E-state index in [4.69, 9.17) is 21.1 Å². The van der Waals surface area contributed by atoms with Crippen molar-refractivity contribution in [1.82, 2.24) is 9.88 Å². The number of aromatic nitrogens is 1. The van der Waals surface area contributed by atoms with Gasteiger partial charge in [-0.2, -0.15) is 4.39 Å². The Kier molecular flexibility index (Phi) is 8.97. The fourth-order valence-corrected chi connectivity index (χ4v) is 5.92. The Bertz CT molecular complexity index is 1430. The highest BCUT2D eigenvalue weighted by atomic mass is 35.5. The Hall–Kier alpha value is -3.40. The van der Waals surface area contributed by atoms with Gasteiger partial charge in [-0.3, -0.25) is 19.4 Å². The monoisotopic (exact) mass is 581 g/mol. The summed E-state index contributed by atoms with van der Waals surface area (Å²) in [6, 6.07) is 14.1. The summed E-state index contributed by atoms with van der Waals surface area (Å²) in [6.45, 7) is 0.849. The summed E-state index contributed by atoms with van der Waals surface area (Å²) in [6.07, 6.45) is 4.42. The molecule has 1 unspecified atom stereocenters. The number of ether oxygens (including phenoxy) is 2. The first-order valence-electron chi connectivity index (χ1n) is 13.9. The lowest BCUT2D eigenvalue weighted by atomic mass is 9.87. The summed E-state index contributed by atoms with van der Waals surface area (Å²) >= 11 is 6.49. The number of alkyl halides is 1. The highest BCUT2D eigenvalue weighted by molar-refractivity contribution is 6.34. The zero-order valence-corrected chi connectivity index (χ0v) is 23.7. The molecule has 1 saturated heterocycles. The minimum Gasteiger partial charge on any atom is -0.469 e. The number of methoxy groups -OCH3 is 1. The molecule has 2 aliphatic rings. The lowest BCUT2D eigenvalue weighted by Gasteiger charge is -2.37. The zero-order valence-electron chi connectivity index (χ0n) is 22.9. The fourth-order valence-electron chi connectivity index (χ4n) is 5.67. The molecule has 1 atom stereocenters. The number of carbonyl (C=O) groups excluding carboxylic acids is 3. The number of pyridine rings is 1. The summed E-state index contributed by atoms with van der Waals surface area (Å²) in [5.74, 6) is -4.19. The van der Waals surface area contributed by atoms with Gasteiger partial charge in [-0.1, -0.05) is 41.9 Å². The largest absolute Gasteiger partial charge is 0.469 e. The van der Waals surface area contributed by atoms with E-state index >= 15 is 4.39 Å². The minimum absolute atomic E-state index is 0.219. The topological polar surface area (TPSA) is 97.8 Å². The molecule has 0 bridgehead atoms. The van der Waals surface area contributed by atoms with Gasteiger partial charge in [-0.25, -0.2) is 4.90 Å². The number of anilines is 1. The number of benzene rings is 2. The first kappa shape index (κ1) is 29.1. The van der Waals surface area contributed by atoms with Gasteiger partial charge in [0.05, 0.1) is 29.8 Å². The summed E-state index contributed by atoms with van der Waals surface area (Å²) in [5.41, 5.74) is 1.12. The lowest BCUT2D eigenvalue weighted by molar-refractivity contribution is -0.252. The van der Waals surface area contributed by atoms with Crippen molar-refractivity contribution in [2.75, 3.05) is 25.5 Å². The van der Waals surface area contributed by atoms with E-state index in [1.54, 1.807) is 24.4 Å². The number of Topliss-reactive ketones (excluding diaryl/α,β-unsaturated/α-hetero) is 1. The van der Waals surface area contributed by atoms with Crippen LogP contribution in [-0.2, 0) is 25.5 Å². The number of carbonyl (C=O) groups is 3. The van der Waals surface area contributed by atoms with Gasteiger partial charge in [0.1, 0.15) is 5.69 Å². The molecule has 1 aliphatic carbocycles. The molecule has 10 heteroatoms. The van der Waals surface area contributed by atoms with Crippen molar-refractivity contribution in [3.8, 4) is 0 Å². The zero-order chi connectivity index (χ0) is 29.0. The van der Waals surface area contributed by atoms with Crippen molar-refractivity contribution in [3.63, 3.8) is 0 Å². The number of rotatable bonds is 9. The highest BCUT2D eigenvalue weighted by Crippen LogP contribution is 2.35. The molecular weight excluding hydrogens is 549 g/mol. The second-order valence-corrected chi connectivity index (χ2v) is 11.0. The summed E-state index contributed by atoms with van der Waals surface area (Å²) in [7, 11) is 1.36. The van der Waals surface area contributed by atoms with Gasteiger partial charge in [0.25, 0.3) is 5.91 Å². The summed E-state index contributed by atoms with van der Waals surface area (Å²) in [5, 5.41) is 4.61. The molecule has 1 aliphatic heterocycles. The molecule has 1 amide bonds. The Balaban J connectivity index is 1.27. The number of likely N-dealkylation sites (tertiary alicyclic amines) is 1. The number of nitrogens with one attached hydrogen (secondary N) is 1. The van der Waals surface area contributed by atoms with E-state index in [1.807, 2.05) is 30.3 Å². The van der Waals surface area contributed by atoms with Gasteiger partial charge < -0.3 is 14.8 Å². The average molecular weight is 582 g/mol. The molecule has 0 radical (unpaired) electrons.